The molecule has 4 nitrogen and oxygen atoms in total. The first-order valence-electron chi connectivity index (χ1n) is 6.18. The van der Waals surface area contributed by atoms with Gasteiger partial charge in [-0.3, -0.25) is 9.78 Å². The first-order valence-corrected chi connectivity index (χ1v) is 6.18. The fraction of sp³-hybridized carbons (Fsp3) is 0.200. The number of benzene rings is 1. The number of aromatic nitrogens is 1. The molecule has 0 fully saturated rings. The molecule has 1 amide bonds. The lowest BCUT2D eigenvalue weighted by Gasteiger charge is -2.12. The zero-order valence-corrected chi connectivity index (χ0v) is 10.8. The van der Waals surface area contributed by atoms with Crippen molar-refractivity contribution in [3.8, 4) is 0 Å². The highest BCUT2D eigenvalue weighted by Crippen LogP contribution is 2.08. The van der Waals surface area contributed by atoms with E-state index in [1.54, 1.807) is 12.3 Å². The Bertz CT molecular complexity index is 554. The number of nitrogens with zero attached hydrogens (tertiary/aromatic N) is 1. The highest BCUT2D eigenvalue weighted by atomic mass is 16.2. The molecular formula is C15H17N3O. The number of hydrogen-bond acceptors (Lipinski definition) is 3. The van der Waals surface area contributed by atoms with Crippen LogP contribution in [-0.4, -0.2) is 16.9 Å². The van der Waals surface area contributed by atoms with Gasteiger partial charge in [0.2, 0.25) is 5.91 Å². The highest BCUT2D eigenvalue weighted by Gasteiger charge is 2.14. The third-order valence-electron chi connectivity index (χ3n) is 2.80. The summed E-state index contributed by atoms with van der Waals surface area (Å²) in [4.78, 5) is 16.0. The fourth-order valence-corrected chi connectivity index (χ4v) is 1.82. The number of amides is 1. The van der Waals surface area contributed by atoms with Crippen LogP contribution in [0.4, 0.5) is 5.69 Å². The Morgan fingerprint density at radius 1 is 1.32 bits per heavy atom. The summed E-state index contributed by atoms with van der Waals surface area (Å²) in [7, 11) is 0. The molecule has 1 aromatic carbocycles. The molecule has 0 radical (unpaired) electrons. The topological polar surface area (TPSA) is 68.0 Å². The lowest BCUT2D eigenvalue weighted by atomic mass is 10.1. The van der Waals surface area contributed by atoms with E-state index in [4.69, 9.17) is 5.73 Å². The summed E-state index contributed by atoms with van der Waals surface area (Å²) in [5.74, 6) is -0.186. The van der Waals surface area contributed by atoms with Gasteiger partial charge in [-0.25, -0.2) is 0 Å². The van der Waals surface area contributed by atoms with Crippen molar-refractivity contribution in [2.24, 2.45) is 5.73 Å². The van der Waals surface area contributed by atoms with Gasteiger partial charge in [-0.05, 0) is 31.0 Å². The van der Waals surface area contributed by atoms with Gasteiger partial charge in [-0.15, -0.1) is 0 Å². The molecule has 1 atom stereocenters. The van der Waals surface area contributed by atoms with Gasteiger partial charge in [0, 0.05) is 17.6 Å². The zero-order chi connectivity index (χ0) is 13.7. The van der Waals surface area contributed by atoms with Gasteiger partial charge in [0.25, 0.3) is 0 Å². The summed E-state index contributed by atoms with van der Waals surface area (Å²) >= 11 is 0. The van der Waals surface area contributed by atoms with Crippen LogP contribution in [0.1, 0.15) is 11.3 Å². The predicted octanol–water partition coefficient (Wildman–Crippen LogP) is 1.90. The number of nitrogens with two attached hydrogens (primary N) is 1. The van der Waals surface area contributed by atoms with Crippen LogP contribution >= 0.6 is 0 Å². The van der Waals surface area contributed by atoms with Crippen molar-refractivity contribution >= 4 is 11.6 Å². The molecule has 0 saturated carbocycles. The first-order chi connectivity index (χ1) is 9.15. The van der Waals surface area contributed by atoms with Crippen molar-refractivity contribution < 1.29 is 4.79 Å². The molecule has 0 saturated heterocycles. The van der Waals surface area contributed by atoms with Crippen molar-refractivity contribution in [3.05, 3.63) is 59.9 Å². The SMILES string of the molecule is Cc1cc(NC(=O)[C@@H](N)Cc2ccccc2)ccn1. The van der Waals surface area contributed by atoms with Gasteiger partial charge in [0.15, 0.2) is 0 Å². The molecule has 0 aliphatic heterocycles. The zero-order valence-electron chi connectivity index (χ0n) is 10.8. The third-order valence-corrected chi connectivity index (χ3v) is 2.80. The summed E-state index contributed by atoms with van der Waals surface area (Å²) < 4.78 is 0. The Balaban J connectivity index is 1.96. The second-order valence-corrected chi connectivity index (χ2v) is 4.47. The van der Waals surface area contributed by atoms with Gasteiger partial charge in [-0.2, -0.15) is 0 Å². The van der Waals surface area contributed by atoms with E-state index < -0.39 is 6.04 Å². The van der Waals surface area contributed by atoms with E-state index in [1.807, 2.05) is 43.3 Å². The van der Waals surface area contributed by atoms with E-state index in [0.29, 0.717) is 6.42 Å². The van der Waals surface area contributed by atoms with Crippen LogP contribution in [0, 0.1) is 6.92 Å². The molecule has 1 heterocycles. The minimum absolute atomic E-state index is 0.186. The maximum Gasteiger partial charge on any atom is 0.241 e. The maximum absolute atomic E-state index is 12.0. The van der Waals surface area contributed by atoms with Gasteiger partial charge in [-0.1, -0.05) is 30.3 Å². The predicted molar refractivity (Wildman–Crippen MR) is 75.7 cm³/mol. The van der Waals surface area contributed by atoms with Crippen LogP contribution in [0.3, 0.4) is 0 Å². The molecule has 1 aromatic heterocycles. The minimum atomic E-state index is -0.559. The normalized spacial score (nSPS) is 11.9. The number of carbonyl (C=O) groups is 1. The van der Waals surface area contributed by atoms with E-state index in [0.717, 1.165) is 16.9 Å². The van der Waals surface area contributed by atoms with Crippen LogP contribution in [-0.2, 0) is 11.2 Å². The number of aryl methyl sites for hydroxylation is 1. The molecule has 0 spiro atoms. The molecule has 0 bridgehead atoms. The van der Waals surface area contributed by atoms with Crippen molar-refractivity contribution in [1.29, 1.82) is 0 Å². The smallest absolute Gasteiger partial charge is 0.241 e. The van der Waals surface area contributed by atoms with E-state index in [1.165, 1.54) is 0 Å². The van der Waals surface area contributed by atoms with Crippen LogP contribution in [0.25, 0.3) is 0 Å². The third kappa shape index (κ3) is 3.89. The molecule has 2 aromatic rings. The number of nitrogens with one attached hydrogen (secondary N) is 1. The van der Waals surface area contributed by atoms with Crippen molar-refractivity contribution in [1.82, 2.24) is 4.98 Å². The quantitative estimate of drug-likeness (QED) is 0.876. The monoisotopic (exact) mass is 255 g/mol. The average molecular weight is 255 g/mol. The highest BCUT2D eigenvalue weighted by molar-refractivity contribution is 5.94. The first kappa shape index (κ1) is 13.2. The second-order valence-electron chi connectivity index (χ2n) is 4.47. The van der Waals surface area contributed by atoms with Crippen LogP contribution in [0.2, 0.25) is 0 Å². The largest absolute Gasteiger partial charge is 0.325 e. The molecule has 3 N–H and O–H groups in total. The number of hydrogen-bond donors (Lipinski definition) is 2. The van der Waals surface area contributed by atoms with Crippen molar-refractivity contribution in [2.75, 3.05) is 5.32 Å². The Kier molecular flexibility index (Phi) is 4.26. The number of pyridine rings is 1. The summed E-state index contributed by atoms with van der Waals surface area (Å²) in [6.07, 6.45) is 2.18. The molecule has 0 unspecified atom stereocenters. The van der Waals surface area contributed by atoms with Gasteiger partial charge in [0.05, 0.1) is 6.04 Å². The maximum atomic E-state index is 12.0. The second kappa shape index (κ2) is 6.11. The van der Waals surface area contributed by atoms with Crippen LogP contribution < -0.4 is 11.1 Å². The van der Waals surface area contributed by atoms with E-state index >= 15 is 0 Å². The Labute approximate surface area is 112 Å². The summed E-state index contributed by atoms with van der Waals surface area (Å²) in [5.41, 5.74) is 8.54. The summed E-state index contributed by atoms with van der Waals surface area (Å²) in [6, 6.07) is 12.7. The molecular weight excluding hydrogens is 238 g/mol. The standard InChI is InChI=1S/C15H17N3O/c1-11-9-13(7-8-17-11)18-15(19)14(16)10-12-5-3-2-4-6-12/h2-9,14H,10,16H2,1H3,(H,17,18,19)/t14-/m0/s1. The van der Waals surface area contributed by atoms with Crippen molar-refractivity contribution in [3.63, 3.8) is 0 Å². The molecule has 2 rings (SSSR count). The minimum Gasteiger partial charge on any atom is -0.325 e. The Hall–Kier alpha value is -2.20. The lowest BCUT2D eigenvalue weighted by Crippen LogP contribution is -2.37. The molecule has 4 heteroatoms. The van der Waals surface area contributed by atoms with Crippen LogP contribution in [0.15, 0.2) is 48.7 Å². The van der Waals surface area contributed by atoms with Gasteiger partial charge >= 0.3 is 0 Å². The average Bonchev–Trinajstić information content (AvgIpc) is 2.40. The van der Waals surface area contributed by atoms with Gasteiger partial charge < -0.3 is 11.1 Å². The Morgan fingerprint density at radius 3 is 2.74 bits per heavy atom. The number of rotatable bonds is 4. The van der Waals surface area contributed by atoms with E-state index in [-0.39, 0.29) is 5.91 Å². The molecule has 0 aliphatic rings. The van der Waals surface area contributed by atoms with E-state index in [2.05, 4.69) is 10.3 Å². The molecule has 98 valence electrons. The van der Waals surface area contributed by atoms with Gasteiger partial charge in [0.1, 0.15) is 0 Å². The molecule has 19 heavy (non-hydrogen) atoms. The fourth-order valence-electron chi connectivity index (χ4n) is 1.82. The number of carbonyl (C=O) groups excluding carboxylic acids is 1. The lowest BCUT2D eigenvalue weighted by molar-refractivity contribution is -0.117. The summed E-state index contributed by atoms with van der Waals surface area (Å²) in [5, 5.41) is 2.80. The van der Waals surface area contributed by atoms with E-state index in [9.17, 15) is 4.79 Å². The number of anilines is 1. The van der Waals surface area contributed by atoms with Crippen LogP contribution in [0.5, 0.6) is 0 Å². The van der Waals surface area contributed by atoms with Crippen molar-refractivity contribution in [2.45, 2.75) is 19.4 Å². The Morgan fingerprint density at radius 2 is 2.05 bits per heavy atom. The summed E-state index contributed by atoms with van der Waals surface area (Å²) in [6.45, 7) is 1.87. The molecule has 0 aliphatic carbocycles.